The Labute approximate surface area is 169 Å². The highest BCUT2D eigenvalue weighted by molar-refractivity contribution is 8.00. The van der Waals surface area contributed by atoms with Crippen LogP contribution in [-0.2, 0) is 23.9 Å². The summed E-state index contributed by atoms with van der Waals surface area (Å²) in [5.74, 6) is 2.53. The number of amides is 2. The van der Waals surface area contributed by atoms with Crippen molar-refractivity contribution in [3.63, 3.8) is 0 Å². The quantitative estimate of drug-likeness (QED) is 0.186. The molecule has 0 spiro atoms. The molecule has 1 unspecified atom stereocenters. The number of β-lactam (4-membered cyclic amide) rings is 1. The minimum Gasteiger partial charge on any atom is -0.477 e. The maximum absolute atomic E-state index is 12.6. The van der Waals surface area contributed by atoms with Gasteiger partial charge in [-0.15, -0.1) is 11.8 Å². The molecule has 1 aromatic rings. The third kappa shape index (κ3) is 3.94. The summed E-state index contributed by atoms with van der Waals surface area (Å²) in [6.45, 7) is 0.999. The lowest BCUT2D eigenvalue weighted by atomic mass is 10.0. The fourth-order valence-corrected chi connectivity index (χ4v) is 4.38. The standard InChI is InChI=1S/C18H18N4O6S/c1-9(23)28-7-11-8-29-17-13(16(25)22(17)14(11)18(26)27)20-15(24)12(21-19)10-5-3-2-4-6-10/h2-6,13,17H,7-8,19H2,1H3,(H,20,24)(H,26,27)/b21-12+/t13?,17-/m0/s1. The molecular weight excluding hydrogens is 400 g/mol. The van der Waals surface area contributed by atoms with E-state index in [9.17, 15) is 24.3 Å². The number of ether oxygens (including phenoxy) is 1. The van der Waals surface area contributed by atoms with Crippen molar-refractivity contribution < 1.29 is 29.0 Å². The molecule has 0 aliphatic carbocycles. The van der Waals surface area contributed by atoms with Crippen molar-refractivity contribution >= 4 is 41.2 Å². The highest BCUT2D eigenvalue weighted by atomic mass is 32.2. The Morgan fingerprint density at radius 1 is 1.34 bits per heavy atom. The van der Waals surface area contributed by atoms with Crippen LogP contribution in [0.2, 0.25) is 0 Å². The Bertz CT molecular complexity index is 930. The maximum atomic E-state index is 12.6. The number of aliphatic carboxylic acids is 1. The summed E-state index contributed by atoms with van der Waals surface area (Å²) >= 11 is 1.27. The van der Waals surface area contributed by atoms with Gasteiger partial charge in [0.1, 0.15) is 23.7 Å². The van der Waals surface area contributed by atoms with Crippen molar-refractivity contribution in [3.8, 4) is 0 Å². The summed E-state index contributed by atoms with van der Waals surface area (Å²) in [6, 6.07) is 7.60. The lowest BCUT2D eigenvalue weighted by Gasteiger charge is -2.49. The normalized spacial score (nSPS) is 21.2. The first-order chi connectivity index (χ1) is 13.8. The van der Waals surface area contributed by atoms with E-state index in [2.05, 4.69) is 10.4 Å². The van der Waals surface area contributed by atoms with E-state index in [4.69, 9.17) is 10.6 Å². The largest absolute Gasteiger partial charge is 0.477 e. The Morgan fingerprint density at radius 3 is 2.62 bits per heavy atom. The van der Waals surface area contributed by atoms with Gasteiger partial charge in [0.15, 0.2) is 5.71 Å². The fraction of sp³-hybridized carbons (Fsp3) is 0.278. The topological polar surface area (TPSA) is 151 Å². The average Bonchev–Trinajstić information content (AvgIpc) is 2.70. The molecule has 0 radical (unpaired) electrons. The Balaban J connectivity index is 1.76. The number of esters is 1. The van der Waals surface area contributed by atoms with E-state index in [0.29, 0.717) is 11.1 Å². The van der Waals surface area contributed by atoms with Crippen LogP contribution in [0.5, 0.6) is 0 Å². The molecule has 1 fully saturated rings. The number of carbonyl (C=O) groups excluding carboxylic acids is 3. The molecule has 29 heavy (non-hydrogen) atoms. The van der Waals surface area contributed by atoms with Gasteiger partial charge in [-0.1, -0.05) is 30.3 Å². The van der Waals surface area contributed by atoms with Gasteiger partial charge in [-0.25, -0.2) is 4.79 Å². The van der Waals surface area contributed by atoms with Crippen molar-refractivity contribution in [1.29, 1.82) is 0 Å². The van der Waals surface area contributed by atoms with E-state index in [1.165, 1.54) is 18.7 Å². The van der Waals surface area contributed by atoms with Gasteiger partial charge in [0, 0.05) is 23.8 Å². The Kier molecular flexibility index (Phi) is 5.87. The second-order valence-electron chi connectivity index (χ2n) is 6.24. The zero-order valence-electron chi connectivity index (χ0n) is 15.3. The summed E-state index contributed by atoms with van der Waals surface area (Å²) in [5, 5.41) is 15.0. The van der Waals surface area contributed by atoms with Crippen molar-refractivity contribution in [2.24, 2.45) is 10.9 Å². The summed E-state index contributed by atoms with van der Waals surface area (Å²) in [6.07, 6.45) is 0. The number of hydrogen-bond acceptors (Lipinski definition) is 8. The first-order valence-electron chi connectivity index (χ1n) is 8.52. The van der Waals surface area contributed by atoms with E-state index in [0.717, 1.165) is 4.90 Å². The molecular formula is C18H18N4O6S. The van der Waals surface area contributed by atoms with Crippen LogP contribution in [0.1, 0.15) is 12.5 Å². The zero-order chi connectivity index (χ0) is 21.1. The van der Waals surface area contributed by atoms with Crippen molar-refractivity contribution in [1.82, 2.24) is 10.2 Å². The molecule has 0 saturated carbocycles. The molecule has 2 aliphatic rings. The fourth-order valence-electron chi connectivity index (χ4n) is 3.05. The summed E-state index contributed by atoms with van der Waals surface area (Å²) < 4.78 is 4.88. The molecule has 152 valence electrons. The van der Waals surface area contributed by atoms with E-state index in [1.807, 2.05) is 0 Å². The van der Waals surface area contributed by atoms with Crippen LogP contribution in [-0.4, -0.2) is 63.2 Å². The highest BCUT2D eigenvalue weighted by Crippen LogP contribution is 2.40. The lowest BCUT2D eigenvalue weighted by molar-refractivity contribution is -0.150. The Morgan fingerprint density at radius 2 is 2.03 bits per heavy atom. The van der Waals surface area contributed by atoms with Gasteiger partial charge in [0.2, 0.25) is 0 Å². The molecule has 10 nitrogen and oxygen atoms in total. The van der Waals surface area contributed by atoms with Gasteiger partial charge in [-0.3, -0.25) is 19.3 Å². The highest BCUT2D eigenvalue weighted by Gasteiger charge is 2.54. The second-order valence-corrected chi connectivity index (χ2v) is 7.35. The van der Waals surface area contributed by atoms with Crippen molar-refractivity contribution in [3.05, 3.63) is 47.2 Å². The molecule has 3 rings (SSSR count). The van der Waals surface area contributed by atoms with Gasteiger partial charge in [-0.05, 0) is 0 Å². The molecule has 2 amide bonds. The molecule has 0 aromatic heterocycles. The molecule has 2 heterocycles. The maximum Gasteiger partial charge on any atom is 0.352 e. The van der Waals surface area contributed by atoms with E-state index >= 15 is 0 Å². The van der Waals surface area contributed by atoms with Crippen molar-refractivity contribution in [2.45, 2.75) is 18.3 Å². The van der Waals surface area contributed by atoms with Crippen molar-refractivity contribution in [2.75, 3.05) is 12.4 Å². The number of carboxylic acid groups (broad SMARTS) is 1. The predicted octanol–water partition coefficient (Wildman–Crippen LogP) is -0.349. The van der Waals surface area contributed by atoms with Gasteiger partial charge >= 0.3 is 11.9 Å². The van der Waals surface area contributed by atoms with Crippen LogP contribution in [0.15, 0.2) is 46.7 Å². The first kappa shape index (κ1) is 20.4. The number of benzene rings is 1. The SMILES string of the molecule is CC(=O)OCC1=C(C(=O)O)N2C(=O)C(NC(=O)/C(=N/N)c3ccccc3)[C@@H]2SC1. The van der Waals surface area contributed by atoms with Gasteiger partial charge in [0.05, 0.1) is 0 Å². The van der Waals surface area contributed by atoms with Crippen LogP contribution in [0.25, 0.3) is 0 Å². The molecule has 2 aliphatic heterocycles. The smallest absolute Gasteiger partial charge is 0.352 e. The number of fused-ring (bicyclic) bond motifs is 1. The number of thioether (sulfide) groups is 1. The van der Waals surface area contributed by atoms with Crippen LogP contribution in [0.3, 0.4) is 0 Å². The second kappa shape index (κ2) is 8.35. The average molecular weight is 418 g/mol. The van der Waals surface area contributed by atoms with Crippen LogP contribution in [0.4, 0.5) is 0 Å². The van der Waals surface area contributed by atoms with E-state index in [1.54, 1.807) is 30.3 Å². The van der Waals surface area contributed by atoms with Crippen LogP contribution < -0.4 is 11.2 Å². The first-order valence-corrected chi connectivity index (χ1v) is 9.57. The molecule has 4 N–H and O–H groups in total. The third-order valence-electron chi connectivity index (χ3n) is 4.38. The van der Waals surface area contributed by atoms with Gasteiger partial charge < -0.3 is 21.0 Å². The van der Waals surface area contributed by atoms with Crippen LogP contribution >= 0.6 is 11.8 Å². The van der Waals surface area contributed by atoms with E-state index in [-0.39, 0.29) is 23.8 Å². The number of carboxylic acids is 1. The third-order valence-corrected chi connectivity index (χ3v) is 5.72. The van der Waals surface area contributed by atoms with E-state index < -0.39 is 35.2 Å². The van der Waals surface area contributed by atoms with Gasteiger partial charge in [-0.2, -0.15) is 5.10 Å². The Hall–Kier alpha value is -3.34. The molecule has 1 aromatic carbocycles. The molecule has 0 bridgehead atoms. The summed E-state index contributed by atoms with van der Waals surface area (Å²) in [5.41, 5.74) is 0.547. The number of rotatable bonds is 6. The number of nitrogens with two attached hydrogens (primary N) is 1. The minimum absolute atomic E-state index is 0.0396. The number of hydrazone groups is 1. The summed E-state index contributed by atoms with van der Waals surface area (Å²) in [7, 11) is 0. The van der Waals surface area contributed by atoms with Crippen LogP contribution in [0, 0.1) is 0 Å². The number of nitrogens with zero attached hydrogens (tertiary/aromatic N) is 2. The lowest BCUT2D eigenvalue weighted by Crippen LogP contribution is -2.71. The minimum atomic E-state index is -1.30. The number of carbonyl (C=O) groups is 4. The monoisotopic (exact) mass is 418 g/mol. The molecule has 2 atom stereocenters. The molecule has 11 heteroatoms. The predicted molar refractivity (Wildman–Crippen MR) is 103 cm³/mol. The summed E-state index contributed by atoms with van der Waals surface area (Å²) in [4.78, 5) is 49.0. The number of nitrogens with one attached hydrogen (secondary N) is 1. The zero-order valence-corrected chi connectivity index (χ0v) is 16.1. The molecule has 1 saturated heterocycles. The van der Waals surface area contributed by atoms with Gasteiger partial charge in [0.25, 0.3) is 11.8 Å². The number of hydrogen-bond donors (Lipinski definition) is 3.